The lowest BCUT2D eigenvalue weighted by Crippen LogP contribution is -2.25. The second-order valence-corrected chi connectivity index (χ2v) is 6.67. The van der Waals surface area contributed by atoms with E-state index in [1.54, 1.807) is 24.3 Å². The van der Waals surface area contributed by atoms with Crippen LogP contribution >= 0.6 is 11.6 Å². The molecule has 0 spiro atoms. The monoisotopic (exact) mass is 354 g/mol. The molecule has 1 heterocycles. The van der Waals surface area contributed by atoms with Crippen LogP contribution in [0.2, 0.25) is 5.02 Å². The Balaban J connectivity index is 1.44. The van der Waals surface area contributed by atoms with E-state index in [2.05, 4.69) is 0 Å². The molecule has 1 aliphatic rings. The first-order valence-electron chi connectivity index (χ1n) is 8.04. The number of esters is 1. The lowest BCUT2D eigenvalue weighted by molar-refractivity contribution is -0.145. The summed E-state index contributed by atoms with van der Waals surface area (Å²) in [6.07, 6.45) is 1.43. The molecule has 0 saturated heterocycles. The summed E-state index contributed by atoms with van der Waals surface area (Å²) in [6, 6.07) is 16.2. The standard InChI is InChI=1S/C20H15ClO4/c21-15-7-5-14(6-8-15)20(9-10-20)19(23)24-12-16(22)18-11-13-3-1-2-4-17(13)25-18/h1-8,11H,9-10,12H2. The third-order valence-electron chi connectivity index (χ3n) is 4.57. The first-order valence-corrected chi connectivity index (χ1v) is 8.41. The van der Waals surface area contributed by atoms with E-state index in [1.807, 2.05) is 30.3 Å². The van der Waals surface area contributed by atoms with E-state index in [0.717, 1.165) is 10.9 Å². The molecule has 0 aliphatic heterocycles. The summed E-state index contributed by atoms with van der Waals surface area (Å²) in [5.74, 6) is -0.527. The first kappa shape index (κ1) is 15.9. The van der Waals surface area contributed by atoms with Crippen LogP contribution in [-0.4, -0.2) is 18.4 Å². The van der Waals surface area contributed by atoms with Crippen molar-refractivity contribution in [3.8, 4) is 0 Å². The molecule has 0 radical (unpaired) electrons. The van der Waals surface area contributed by atoms with Crippen molar-refractivity contribution in [2.24, 2.45) is 0 Å². The van der Waals surface area contributed by atoms with Crippen LogP contribution in [0.1, 0.15) is 29.0 Å². The van der Waals surface area contributed by atoms with Crippen molar-refractivity contribution in [3.05, 3.63) is 70.9 Å². The molecule has 126 valence electrons. The molecule has 0 amide bonds. The summed E-state index contributed by atoms with van der Waals surface area (Å²) >= 11 is 5.89. The van der Waals surface area contributed by atoms with Crippen LogP contribution in [-0.2, 0) is 14.9 Å². The summed E-state index contributed by atoms with van der Waals surface area (Å²) in [4.78, 5) is 24.7. The summed E-state index contributed by atoms with van der Waals surface area (Å²) < 4.78 is 10.8. The molecule has 1 fully saturated rings. The molecule has 2 aromatic carbocycles. The predicted molar refractivity (Wildman–Crippen MR) is 93.9 cm³/mol. The number of benzene rings is 2. The SMILES string of the molecule is O=C(COC(=O)C1(c2ccc(Cl)cc2)CC1)c1cc2ccccc2o1. The third kappa shape index (κ3) is 2.94. The number of carbonyl (C=O) groups is 2. The number of hydrogen-bond acceptors (Lipinski definition) is 4. The highest BCUT2D eigenvalue weighted by molar-refractivity contribution is 6.30. The Morgan fingerprint density at radius 3 is 2.48 bits per heavy atom. The maximum atomic E-state index is 12.5. The Morgan fingerprint density at radius 1 is 1.08 bits per heavy atom. The molecule has 0 atom stereocenters. The molecular weight excluding hydrogens is 340 g/mol. The number of ketones is 1. The molecule has 1 aromatic heterocycles. The zero-order chi connectivity index (χ0) is 17.4. The topological polar surface area (TPSA) is 56.5 Å². The van der Waals surface area contributed by atoms with E-state index in [1.165, 1.54) is 0 Å². The minimum Gasteiger partial charge on any atom is -0.456 e. The van der Waals surface area contributed by atoms with Gasteiger partial charge in [-0.1, -0.05) is 41.9 Å². The fourth-order valence-electron chi connectivity index (χ4n) is 2.96. The van der Waals surface area contributed by atoms with E-state index >= 15 is 0 Å². The summed E-state index contributed by atoms with van der Waals surface area (Å²) in [6.45, 7) is -0.325. The van der Waals surface area contributed by atoms with Crippen molar-refractivity contribution >= 4 is 34.3 Å². The molecule has 5 heteroatoms. The molecule has 1 aliphatic carbocycles. The second-order valence-electron chi connectivity index (χ2n) is 6.24. The van der Waals surface area contributed by atoms with Gasteiger partial charge in [-0.25, -0.2) is 0 Å². The molecule has 0 bridgehead atoms. The summed E-state index contributed by atoms with van der Waals surface area (Å²) in [7, 11) is 0. The number of halogens is 1. The van der Waals surface area contributed by atoms with E-state index < -0.39 is 5.41 Å². The van der Waals surface area contributed by atoms with Crippen LogP contribution in [0.5, 0.6) is 0 Å². The van der Waals surface area contributed by atoms with Crippen molar-refractivity contribution in [3.63, 3.8) is 0 Å². The molecule has 3 aromatic rings. The average molecular weight is 355 g/mol. The number of hydrogen-bond donors (Lipinski definition) is 0. The Hall–Kier alpha value is -2.59. The Kier molecular flexibility index (Phi) is 3.85. The fraction of sp³-hybridized carbons (Fsp3) is 0.200. The van der Waals surface area contributed by atoms with E-state index in [-0.39, 0.29) is 24.1 Å². The molecule has 4 rings (SSSR count). The van der Waals surface area contributed by atoms with Crippen LogP contribution in [0, 0.1) is 0 Å². The van der Waals surface area contributed by atoms with Gasteiger partial charge in [0.25, 0.3) is 0 Å². The van der Waals surface area contributed by atoms with Gasteiger partial charge in [-0.3, -0.25) is 9.59 Å². The number of carbonyl (C=O) groups excluding carboxylic acids is 2. The van der Waals surface area contributed by atoms with Crippen LogP contribution in [0.25, 0.3) is 11.0 Å². The van der Waals surface area contributed by atoms with Crippen molar-refractivity contribution in [2.45, 2.75) is 18.3 Å². The molecular formula is C20H15ClO4. The highest BCUT2D eigenvalue weighted by Gasteiger charge is 2.52. The van der Waals surface area contributed by atoms with Gasteiger partial charge in [-0.15, -0.1) is 0 Å². The predicted octanol–water partition coefficient (Wildman–Crippen LogP) is 4.54. The van der Waals surface area contributed by atoms with Crippen LogP contribution < -0.4 is 0 Å². The van der Waals surface area contributed by atoms with Crippen LogP contribution in [0.15, 0.2) is 59.0 Å². The van der Waals surface area contributed by atoms with Gasteiger partial charge in [0.05, 0.1) is 5.41 Å². The smallest absolute Gasteiger partial charge is 0.317 e. The lowest BCUT2D eigenvalue weighted by Gasteiger charge is -2.14. The maximum Gasteiger partial charge on any atom is 0.317 e. The summed E-state index contributed by atoms with van der Waals surface area (Å²) in [5.41, 5.74) is 0.869. The zero-order valence-electron chi connectivity index (χ0n) is 13.3. The number of ether oxygens (including phenoxy) is 1. The Labute approximate surface area is 149 Å². The zero-order valence-corrected chi connectivity index (χ0v) is 14.1. The number of fused-ring (bicyclic) bond motifs is 1. The van der Waals surface area contributed by atoms with Gasteiger partial charge in [-0.2, -0.15) is 0 Å². The van der Waals surface area contributed by atoms with Gasteiger partial charge >= 0.3 is 5.97 Å². The third-order valence-corrected chi connectivity index (χ3v) is 4.82. The highest BCUT2D eigenvalue weighted by Crippen LogP contribution is 2.49. The fourth-order valence-corrected chi connectivity index (χ4v) is 3.09. The molecule has 1 saturated carbocycles. The highest BCUT2D eigenvalue weighted by atomic mass is 35.5. The van der Waals surface area contributed by atoms with Gasteiger partial charge < -0.3 is 9.15 Å². The molecule has 0 N–H and O–H groups in total. The van der Waals surface area contributed by atoms with Gasteiger partial charge in [0.15, 0.2) is 12.4 Å². The number of rotatable bonds is 5. The number of Topliss-reactive ketones (excluding diaryl/α,β-unsaturated/α-hetero) is 1. The first-order chi connectivity index (χ1) is 12.1. The number of para-hydroxylation sites is 1. The quantitative estimate of drug-likeness (QED) is 0.498. The van der Waals surface area contributed by atoms with Crippen molar-refractivity contribution < 1.29 is 18.7 Å². The molecule has 4 nitrogen and oxygen atoms in total. The van der Waals surface area contributed by atoms with Gasteiger partial charge in [0.2, 0.25) is 5.78 Å². The second kappa shape index (κ2) is 6.05. The minimum absolute atomic E-state index is 0.199. The van der Waals surface area contributed by atoms with Crippen molar-refractivity contribution in [1.29, 1.82) is 0 Å². The van der Waals surface area contributed by atoms with Crippen molar-refractivity contribution in [1.82, 2.24) is 0 Å². The van der Waals surface area contributed by atoms with E-state index in [9.17, 15) is 9.59 Å². The molecule has 25 heavy (non-hydrogen) atoms. The minimum atomic E-state index is -0.640. The normalized spacial score (nSPS) is 15.1. The maximum absolute atomic E-state index is 12.5. The number of furan rings is 1. The summed E-state index contributed by atoms with van der Waals surface area (Å²) in [5, 5.41) is 1.46. The molecule has 0 unspecified atom stereocenters. The van der Waals surface area contributed by atoms with Gasteiger partial charge in [0, 0.05) is 10.4 Å². The Morgan fingerprint density at radius 2 is 1.80 bits per heavy atom. The van der Waals surface area contributed by atoms with Crippen molar-refractivity contribution in [2.75, 3.05) is 6.61 Å². The lowest BCUT2D eigenvalue weighted by atomic mass is 9.96. The van der Waals surface area contributed by atoms with Crippen LogP contribution in [0.4, 0.5) is 0 Å². The average Bonchev–Trinajstić information content (AvgIpc) is 3.32. The van der Waals surface area contributed by atoms with E-state index in [4.69, 9.17) is 20.8 Å². The van der Waals surface area contributed by atoms with Crippen LogP contribution in [0.3, 0.4) is 0 Å². The van der Waals surface area contributed by atoms with Gasteiger partial charge in [0.1, 0.15) is 5.58 Å². The Bertz CT molecular complexity index is 918. The van der Waals surface area contributed by atoms with Gasteiger partial charge in [-0.05, 0) is 42.7 Å². The van der Waals surface area contributed by atoms with E-state index in [0.29, 0.717) is 23.4 Å². The largest absolute Gasteiger partial charge is 0.456 e.